The molecule has 0 spiro atoms. The molecule has 0 aliphatic carbocycles. The van der Waals surface area contributed by atoms with Crippen LogP contribution in [0, 0.1) is 0 Å². The van der Waals surface area contributed by atoms with Crippen LogP contribution in [0.25, 0.3) is 16.9 Å². The summed E-state index contributed by atoms with van der Waals surface area (Å²) in [5.41, 5.74) is 0.543. The minimum Gasteiger partial charge on any atom is -0.495 e. The third-order valence-electron chi connectivity index (χ3n) is 3.38. The molecule has 0 bridgehead atoms. The number of benzene rings is 1. The van der Waals surface area contributed by atoms with Crippen molar-refractivity contribution in [2.75, 3.05) is 14.2 Å². The highest BCUT2D eigenvalue weighted by molar-refractivity contribution is 5.93. The zero-order valence-corrected chi connectivity index (χ0v) is 12.6. The van der Waals surface area contributed by atoms with E-state index in [9.17, 15) is 9.59 Å². The van der Waals surface area contributed by atoms with Crippen LogP contribution in [0.3, 0.4) is 0 Å². The van der Waals surface area contributed by atoms with Gasteiger partial charge in [-0.3, -0.25) is 14.2 Å². The molecule has 0 radical (unpaired) electrons. The van der Waals surface area contributed by atoms with Crippen molar-refractivity contribution in [3.8, 4) is 11.4 Å². The normalized spacial score (nSPS) is 10.5. The van der Waals surface area contributed by atoms with Crippen molar-refractivity contribution in [3.05, 3.63) is 58.6 Å². The lowest BCUT2D eigenvalue weighted by atomic mass is 10.2. The van der Waals surface area contributed by atoms with Crippen LogP contribution in [-0.4, -0.2) is 34.6 Å². The van der Waals surface area contributed by atoms with Crippen molar-refractivity contribution < 1.29 is 9.53 Å². The molecule has 1 N–H and O–H groups in total. The number of hydrogen-bond acceptors (Lipinski definition) is 5. The van der Waals surface area contributed by atoms with Gasteiger partial charge in [0, 0.05) is 13.2 Å². The number of carbonyl (C=O) groups excluding carboxylic acids is 1. The predicted molar refractivity (Wildman–Crippen MR) is 85.1 cm³/mol. The Morgan fingerprint density at radius 3 is 2.74 bits per heavy atom. The molecule has 2 aromatic heterocycles. The minimum atomic E-state index is -0.556. The van der Waals surface area contributed by atoms with Gasteiger partial charge in [0.05, 0.1) is 12.8 Å². The zero-order valence-electron chi connectivity index (χ0n) is 12.6. The quantitative estimate of drug-likeness (QED) is 0.784. The second kappa shape index (κ2) is 5.88. The lowest BCUT2D eigenvalue weighted by molar-refractivity contribution is 0.0956. The monoisotopic (exact) mass is 310 g/mol. The molecule has 7 heteroatoms. The van der Waals surface area contributed by atoms with Gasteiger partial charge in [0.1, 0.15) is 11.3 Å². The van der Waals surface area contributed by atoms with Gasteiger partial charge in [-0.2, -0.15) is 0 Å². The lowest BCUT2D eigenvalue weighted by Crippen LogP contribution is -2.33. The van der Waals surface area contributed by atoms with Crippen molar-refractivity contribution in [1.29, 1.82) is 0 Å². The van der Waals surface area contributed by atoms with Crippen LogP contribution in [0.1, 0.15) is 10.5 Å². The van der Waals surface area contributed by atoms with Crippen molar-refractivity contribution in [1.82, 2.24) is 19.9 Å². The third kappa shape index (κ3) is 2.42. The number of amides is 1. The number of nitrogens with one attached hydrogen (secondary N) is 1. The summed E-state index contributed by atoms with van der Waals surface area (Å²) >= 11 is 0. The summed E-state index contributed by atoms with van der Waals surface area (Å²) in [5.74, 6) is -0.0555. The molecular formula is C16H14N4O3. The molecular weight excluding hydrogens is 296 g/mol. The summed E-state index contributed by atoms with van der Waals surface area (Å²) in [4.78, 5) is 33.1. The molecule has 0 atom stereocenters. The van der Waals surface area contributed by atoms with Gasteiger partial charge >= 0.3 is 0 Å². The second-order valence-corrected chi connectivity index (χ2v) is 4.70. The highest BCUT2D eigenvalue weighted by Crippen LogP contribution is 2.23. The van der Waals surface area contributed by atoms with E-state index in [1.807, 2.05) is 0 Å². The van der Waals surface area contributed by atoms with Crippen molar-refractivity contribution in [2.45, 2.75) is 0 Å². The summed E-state index contributed by atoms with van der Waals surface area (Å²) in [7, 11) is 2.96. The van der Waals surface area contributed by atoms with Gasteiger partial charge in [-0.25, -0.2) is 9.97 Å². The Labute approximate surface area is 131 Å². The summed E-state index contributed by atoms with van der Waals surface area (Å²) < 4.78 is 6.66. The fraction of sp³-hybridized carbons (Fsp3) is 0.125. The van der Waals surface area contributed by atoms with E-state index in [0.29, 0.717) is 22.6 Å². The first-order chi connectivity index (χ1) is 11.2. The summed E-state index contributed by atoms with van der Waals surface area (Å²) in [5, 5.41) is 2.43. The number of rotatable bonds is 3. The fourth-order valence-electron chi connectivity index (χ4n) is 2.32. The van der Waals surface area contributed by atoms with Gasteiger partial charge < -0.3 is 10.1 Å². The topological polar surface area (TPSA) is 86.1 Å². The van der Waals surface area contributed by atoms with Crippen LogP contribution in [0.15, 0.2) is 47.4 Å². The van der Waals surface area contributed by atoms with Gasteiger partial charge in [-0.15, -0.1) is 0 Å². The summed E-state index contributed by atoms with van der Waals surface area (Å²) in [6.45, 7) is 0. The zero-order chi connectivity index (χ0) is 16.4. The molecule has 7 nitrogen and oxygen atoms in total. The largest absolute Gasteiger partial charge is 0.495 e. The van der Waals surface area contributed by atoms with E-state index in [-0.39, 0.29) is 5.69 Å². The Morgan fingerprint density at radius 2 is 2.00 bits per heavy atom. The highest BCUT2D eigenvalue weighted by atomic mass is 16.5. The number of ether oxygens (including phenoxy) is 1. The van der Waals surface area contributed by atoms with Crippen molar-refractivity contribution in [3.63, 3.8) is 0 Å². The number of pyridine rings is 1. The average Bonchev–Trinajstić information content (AvgIpc) is 2.60. The van der Waals surface area contributed by atoms with Gasteiger partial charge in [0.25, 0.3) is 11.5 Å². The molecule has 0 saturated carbocycles. The van der Waals surface area contributed by atoms with Gasteiger partial charge in [0.15, 0.2) is 11.3 Å². The summed E-state index contributed by atoms with van der Waals surface area (Å²) in [6.07, 6.45) is 1.56. The maximum absolute atomic E-state index is 12.8. The van der Waals surface area contributed by atoms with E-state index in [1.165, 1.54) is 18.7 Å². The molecule has 23 heavy (non-hydrogen) atoms. The van der Waals surface area contributed by atoms with E-state index < -0.39 is 11.5 Å². The molecule has 0 aliphatic heterocycles. The Balaban J connectivity index is 2.45. The predicted octanol–water partition coefficient (Wildman–Crippen LogP) is 1.15. The average molecular weight is 310 g/mol. The molecule has 2 heterocycles. The number of carbonyl (C=O) groups is 1. The van der Waals surface area contributed by atoms with E-state index >= 15 is 0 Å². The fourth-order valence-corrected chi connectivity index (χ4v) is 2.32. The number of nitrogens with zero attached hydrogens (tertiary/aromatic N) is 3. The Kier molecular flexibility index (Phi) is 3.76. The minimum absolute atomic E-state index is 0.195. The Hall–Kier alpha value is -3.22. The van der Waals surface area contributed by atoms with Gasteiger partial charge in [-0.1, -0.05) is 12.1 Å². The Morgan fingerprint density at radius 1 is 1.22 bits per heavy atom. The molecule has 1 amide bonds. The Bertz CT molecular complexity index is 949. The maximum atomic E-state index is 12.8. The first kappa shape index (κ1) is 14.7. The number of hydrogen-bond donors (Lipinski definition) is 1. The first-order valence-corrected chi connectivity index (χ1v) is 6.90. The highest BCUT2D eigenvalue weighted by Gasteiger charge is 2.19. The molecule has 0 fully saturated rings. The molecule has 0 aliphatic rings. The molecule has 1 aromatic carbocycles. The third-order valence-corrected chi connectivity index (χ3v) is 3.38. The van der Waals surface area contributed by atoms with E-state index in [4.69, 9.17) is 4.74 Å². The van der Waals surface area contributed by atoms with Crippen LogP contribution in [0.2, 0.25) is 0 Å². The van der Waals surface area contributed by atoms with Crippen LogP contribution in [-0.2, 0) is 0 Å². The first-order valence-electron chi connectivity index (χ1n) is 6.90. The van der Waals surface area contributed by atoms with Crippen LogP contribution in [0.5, 0.6) is 5.75 Å². The van der Waals surface area contributed by atoms with Gasteiger partial charge in [-0.05, 0) is 24.3 Å². The SMILES string of the molecule is CNC(=O)c1nc2cccnc2n(-c2ccccc2OC)c1=O. The summed E-state index contributed by atoms with van der Waals surface area (Å²) in [6, 6.07) is 10.4. The van der Waals surface area contributed by atoms with Crippen LogP contribution in [0.4, 0.5) is 0 Å². The molecule has 3 rings (SSSR count). The number of para-hydroxylation sites is 2. The van der Waals surface area contributed by atoms with Gasteiger partial charge in [0.2, 0.25) is 0 Å². The number of fused-ring (bicyclic) bond motifs is 1. The number of methoxy groups -OCH3 is 1. The van der Waals surface area contributed by atoms with E-state index in [2.05, 4.69) is 15.3 Å². The molecule has 116 valence electrons. The number of aromatic nitrogens is 3. The van der Waals surface area contributed by atoms with Crippen molar-refractivity contribution >= 4 is 17.1 Å². The molecule has 3 aromatic rings. The molecule has 0 saturated heterocycles. The van der Waals surface area contributed by atoms with Crippen molar-refractivity contribution in [2.24, 2.45) is 0 Å². The second-order valence-electron chi connectivity index (χ2n) is 4.70. The smallest absolute Gasteiger partial charge is 0.288 e. The maximum Gasteiger partial charge on any atom is 0.288 e. The van der Waals surface area contributed by atoms with Crippen LogP contribution < -0.4 is 15.6 Å². The molecule has 0 unspecified atom stereocenters. The standard InChI is InChI=1S/C16H14N4O3/c1-17-15(21)13-16(22)20(11-7-3-4-8-12(11)23-2)14-10(19-13)6-5-9-18-14/h3-9H,1-2H3,(H,17,21). The van der Waals surface area contributed by atoms with Crippen LogP contribution >= 0.6 is 0 Å². The van der Waals surface area contributed by atoms with E-state index in [1.54, 1.807) is 42.6 Å². The lowest BCUT2D eigenvalue weighted by Gasteiger charge is -2.13. The van der Waals surface area contributed by atoms with E-state index in [0.717, 1.165) is 0 Å².